The van der Waals surface area contributed by atoms with E-state index in [0.29, 0.717) is 5.95 Å². The van der Waals surface area contributed by atoms with Gasteiger partial charge in [0.2, 0.25) is 5.95 Å². The van der Waals surface area contributed by atoms with Gasteiger partial charge in [0.25, 0.3) is 0 Å². The molecule has 7 aromatic carbocycles. The van der Waals surface area contributed by atoms with Crippen molar-refractivity contribution in [2.24, 2.45) is 0 Å². The van der Waals surface area contributed by atoms with Crippen LogP contribution in [0.15, 0.2) is 176 Å². The van der Waals surface area contributed by atoms with Gasteiger partial charge in [-0.15, -0.1) is 0 Å². The van der Waals surface area contributed by atoms with E-state index in [9.17, 15) is 0 Å². The number of hydrogen-bond acceptors (Lipinski definition) is 2. The lowest BCUT2D eigenvalue weighted by Crippen LogP contribution is -2.10. The van der Waals surface area contributed by atoms with Crippen LogP contribution >= 0.6 is 0 Å². The van der Waals surface area contributed by atoms with Gasteiger partial charge in [-0.05, 0) is 86.2 Å². The molecule has 2 aromatic heterocycles. The molecule has 0 unspecified atom stereocenters. The smallest absolute Gasteiger partial charge is 0.235 e. The van der Waals surface area contributed by atoms with Crippen molar-refractivity contribution in [1.29, 1.82) is 0 Å². The lowest BCUT2D eigenvalue weighted by atomic mass is 9.85. The predicted molar refractivity (Wildman–Crippen MR) is 235 cm³/mol. The Morgan fingerprint density at radius 1 is 0.482 bits per heavy atom. The summed E-state index contributed by atoms with van der Waals surface area (Å²) in [5.74, 6) is 0.654. The largest absolute Gasteiger partial charge is 0.278 e. The van der Waals surface area contributed by atoms with Crippen LogP contribution in [0.3, 0.4) is 0 Å². The molecule has 0 atom stereocenters. The van der Waals surface area contributed by atoms with Crippen molar-refractivity contribution in [3.8, 4) is 50.7 Å². The number of allylic oxidation sites excluding steroid dienone is 1. The molecule has 56 heavy (non-hydrogen) atoms. The lowest BCUT2D eigenvalue weighted by molar-refractivity contribution is 0.590. The first-order chi connectivity index (χ1) is 27.4. The highest BCUT2D eigenvalue weighted by molar-refractivity contribution is 6.11. The number of fused-ring (bicyclic) bond motifs is 6. The Morgan fingerprint density at radius 2 is 1.09 bits per heavy atom. The summed E-state index contributed by atoms with van der Waals surface area (Å²) >= 11 is 0. The van der Waals surface area contributed by atoms with Gasteiger partial charge in [0, 0.05) is 21.9 Å². The molecule has 0 bridgehead atoms. The molecule has 10 rings (SSSR count). The Hall–Kier alpha value is -6.84. The van der Waals surface area contributed by atoms with E-state index in [4.69, 9.17) is 9.97 Å². The van der Waals surface area contributed by atoms with Crippen LogP contribution in [0, 0.1) is 0 Å². The highest BCUT2D eigenvalue weighted by Crippen LogP contribution is 2.44. The maximum absolute atomic E-state index is 5.24. The second-order valence-corrected chi connectivity index (χ2v) is 15.9. The number of hydrogen-bond donors (Lipinski definition) is 0. The molecule has 0 N–H and O–H groups in total. The molecule has 0 amide bonds. The number of rotatable bonds is 5. The van der Waals surface area contributed by atoms with Gasteiger partial charge in [-0.3, -0.25) is 4.57 Å². The minimum atomic E-state index is 0.113. The summed E-state index contributed by atoms with van der Waals surface area (Å²) in [4.78, 5) is 10.5. The molecule has 0 fully saturated rings. The van der Waals surface area contributed by atoms with E-state index in [0.717, 1.165) is 40.0 Å². The van der Waals surface area contributed by atoms with Crippen LogP contribution in [-0.2, 0) is 11.8 Å². The second-order valence-electron chi connectivity index (χ2n) is 15.9. The van der Waals surface area contributed by atoms with Crippen molar-refractivity contribution in [1.82, 2.24) is 14.5 Å². The predicted octanol–water partition coefficient (Wildman–Crippen LogP) is 13.6. The molecule has 2 heterocycles. The van der Waals surface area contributed by atoms with Crippen molar-refractivity contribution in [3.63, 3.8) is 0 Å². The van der Waals surface area contributed by atoms with E-state index < -0.39 is 0 Å². The minimum Gasteiger partial charge on any atom is -0.278 e. The summed E-state index contributed by atoms with van der Waals surface area (Å²) in [6, 6.07) is 63.3. The van der Waals surface area contributed by atoms with E-state index >= 15 is 0 Å². The van der Waals surface area contributed by atoms with E-state index in [1.807, 2.05) is 12.1 Å². The molecule has 3 nitrogen and oxygen atoms in total. The SMILES string of the molecule is CC(C)(C)c1ccc(C2=Cc3ccccc3-c3c(cccc3-c3ccc4c(c3)c3ccccc3n4-c3nc(-c4ccccc4)cc(-c4ccccc4)n3)C2)cc1. The van der Waals surface area contributed by atoms with Crippen LogP contribution in [0.25, 0.3) is 84.2 Å². The lowest BCUT2D eigenvalue weighted by Gasteiger charge is -2.19. The molecule has 1 aliphatic rings. The molecule has 0 spiro atoms. The number of para-hydroxylation sites is 1. The third-order valence-corrected chi connectivity index (χ3v) is 11.3. The molecule has 1 aliphatic carbocycles. The topological polar surface area (TPSA) is 30.7 Å². The van der Waals surface area contributed by atoms with Crippen molar-refractivity contribution >= 4 is 33.5 Å². The summed E-state index contributed by atoms with van der Waals surface area (Å²) < 4.78 is 2.23. The molecule has 268 valence electrons. The van der Waals surface area contributed by atoms with E-state index in [1.54, 1.807) is 0 Å². The first-order valence-corrected chi connectivity index (χ1v) is 19.5. The first-order valence-electron chi connectivity index (χ1n) is 19.5. The molecule has 3 heteroatoms. The average molecular weight is 720 g/mol. The highest BCUT2D eigenvalue weighted by Gasteiger charge is 2.22. The van der Waals surface area contributed by atoms with E-state index in [1.165, 1.54) is 60.9 Å². The zero-order chi connectivity index (χ0) is 37.8. The Labute approximate surface area is 328 Å². The molecule has 0 saturated carbocycles. The molecule has 0 radical (unpaired) electrons. The van der Waals surface area contributed by atoms with Crippen molar-refractivity contribution in [3.05, 3.63) is 198 Å². The van der Waals surface area contributed by atoms with Crippen molar-refractivity contribution in [2.75, 3.05) is 0 Å². The number of aromatic nitrogens is 3. The van der Waals surface area contributed by atoms with Crippen LogP contribution in [0.4, 0.5) is 0 Å². The number of nitrogens with zero attached hydrogens (tertiary/aromatic N) is 3. The van der Waals surface area contributed by atoms with Crippen molar-refractivity contribution < 1.29 is 0 Å². The third-order valence-electron chi connectivity index (χ3n) is 11.3. The normalized spacial score (nSPS) is 12.6. The molecular weight excluding hydrogens is 679 g/mol. The zero-order valence-electron chi connectivity index (χ0n) is 31.9. The second kappa shape index (κ2) is 13.5. The summed E-state index contributed by atoms with van der Waals surface area (Å²) in [7, 11) is 0. The zero-order valence-corrected chi connectivity index (χ0v) is 31.9. The van der Waals surface area contributed by atoms with Crippen LogP contribution < -0.4 is 0 Å². The van der Waals surface area contributed by atoms with E-state index in [2.05, 4.69) is 195 Å². The van der Waals surface area contributed by atoms with Crippen LogP contribution in [0.1, 0.15) is 43.0 Å². The molecule has 0 saturated heterocycles. The maximum Gasteiger partial charge on any atom is 0.235 e. The fraction of sp³-hybridized carbons (Fsp3) is 0.0943. The Morgan fingerprint density at radius 3 is 1.80 bits per heavy atom. The molecule has 9 aromatic rings. The Kier molecular flexibility index (Phi) is 8.11. The fourth-order valence-corrected chi connectivity index (χ4v) is 8.37. The van der Waals surface area contributed by atoms with Crippen LogP contribution in [0.2, 0.25) is 0 Å². The van der Waals surface area contributed by atoms with E-state index in [-0.39, 0.29) is 5.41 Å². The van der Waals surface area contributed by atoms with Gasteiger partial charge in [-0.25, -0.2) is 9.97 Å². The van der Waals surface area contributed by atoms with Gasteiger partial charge in [0.05, 0.1) is 22.4 Å². The summed E-state index contributed by atoms with van der Waals surface area (Å²) in [6.07, 6.45) is 3.25. The van der Waals surface area contributed by atoms with Gasteiger partial charge >= 0.3 is 0 Å². The third kappa shape index (κ3) is 5.93. The fourth-order valence-electron chi connectivity index (χ4n) is 8.37. The quantitative estimate of drug-likeness (QED) is 0.177. The average Bonchev–Trinajstić information content (AvgIpc) is 3.47. The Bertz CT molecular complexity index is 2890. The van der Waals surface area contributed by atoms with Gasteiger partial charge in [0.1, 0.15) is 0 Å². The summed E-state index contributed by atoms with van der Waals surface area (Å²) in [5.41, 5.74) is 17.7. The van der Waals surface area contributed by atoms with Crippen LogP contribution in [0.5, 0.6) is 0 Å². The Balaban J connectivity index is 1.14. The maximum atomic E-state index is 5.24. The van der Waals surface area contributed by atoms with Crippen molar-refractivity contribution in [2.45, 2.75) is 32.6 Å². The van der Waals surface area contributed by atoms with Gasteiger partial charge in [0.15, 0.2) is 0 Å². The van der Waals surface area contributed by atoms with Gasteiger partial charge < -0.3 is 0 Å². The summed E-state index contributed by atoms with van der Waals surface area (Å²) in [6.45, 7) is 6.82. The number of benzene rings is 7. The standard InChI is InChI=1S/C53H41N3/c1-53(2,3)42-28-25-35(26-29-42)41-31-38-19-10-11-21-43(38)51-40(32-41)20-14-23-44(51)39-27-30-50-46(33-39)45-22-12-13-24-49(45)56(50)52-54-47(36-15-6-4-7-16-36)34-48(55-52)37-17-8-5-9-18-37/h4-31,33-34H,32H2,1-3H3. The molecule has 0 aliphatic heterocycles. The summed E-state index contributed by atoms with van der Waals surface area (Å²) in [5, 5.41) is 2.34. The monoisotopic (exact) mass is 719 g/mol. The molecular formula is C53H41N3. The highest BCUT2D eigenvalue weighted by atomic mass is 15.2. The van der Waals surface area contributed by atoms with Crippen LogP contribution in [-0.4, -0.2) is 14.5 Å². The van der Waals surface area contributed by atoms with Gasteiger partial charge in [-0.1, -0.05) is 179 Å². The van der Waals surface area contributed by atoms with Gasteiger partial charge in [-0.2, -0.15) is 0 Å². The first kappa shape index (κ1) is 33.7. The minimum absolute atomic E-state index is 0.113.